The van der Waals surface area contributed by atoms with Gasteiger partial charge < -0.3 is 5.73 Å². The Bertz CT molecular complexity index is 399. The van der Waals surface area contributed by atoms with Crippen LogP contribution in [0.25, 0.3) is 0 Å². The highest BCUT2D eigenvalue weighted by Crippen LogP contribution is 2.33. The molecule has 2 atom stereocenters. The number of nitrogens with zero attached hydrogens (tertiary/aromatic N) is 1. The van der Waals surface area contributed by atoms with Gasteiger partial charge in [-0.25, -0.2) is 0 Å². The predicted octanol–water partition coefficient (Wildman–Crippen LogP) is 4.07. The zero-order valence-electron chi connectivity index (χ0n) is 13.3. The largest absolute Gasteiger partial charge is 0.330 e. The van der Waals surface area contributed by atoms with Gasteiger partial charge in [-0.15, -0.1) is 11.3 Å². The van der Waals surface area contributed by atoms with Crippen molar-refractivity contribution in [2.24, 2.45) is 17.6 Å². The molecule has 1 aromatic rings. The SMILES string of the molecule is CC(C)C(CCN)CCCN1CCc2sccc2C1C. The highest BCUT2D eigenvalue weighted by molar-refractivity contribution is 7.10. The van der Waals surface area contributed by atoms with E-state index in [2.05, 4.69) is 37.1 Å². The van der Waals surface area contributed by atoms with Crippen LogP contribution < -0.4 is 5.73 Å². The van der Waals surface area contributed by atoms with Crippen molar-refractivity contribution in [1.82, 2.24) is 4.90 Å². The van der Waals surface area contributed by atoms with Gasteiger partial charge in [-0.1, -0.05) is 13.8 Å². The lowest BCUT2D eigenvalue weighted by Crippen LogP contribution is -2.34. The van der Waals surface area contributed by atoms with Crippen LogP contribution in [0.4, 0.5) is 0 Å². The monoisotopic (exact) mass is 294 g/mol. The first-order valence-corrected chi connectivity index (χ1v) is 9.01. The molecule has 1 aromatic heterocycles. The Balaban J connectivity index is 1.80. The molecule has 2 unspecified atom stereocenters. The maximum atomic E-state index is 5.74. The average Bonchev–Trinajstić information content (AvgIpc) is 2.89. The van der Waals surface area contributed by atoms with Gasteiger partial charge in [0.2, 0.25) is 0 Å². The first-order chi connectivity index (χ1) is 9.63. The van der Waals surface area contributed by atoms with Gasteiger partial charge in [0.15, 0.2) is 0 Å². The summed E-state index contributed by atoms with van der Waals surface area (Å²) in [4.78, 5) is 4.27. The zero-order valence-corrected chi connectivity index (χ0v) is 14.1. The Labute approximate surface area is 128 Å². The first kappa shape index (κ1) is 16.0. The van der Waals surface area contributed by atoms with Crippen LogP contribution >= 0.6 is 11.3 Å². The van der Waals surface area contributed by atoms with Gasteiger partial charge in [0.25, 0.3) is 0 Å². The molecule has 0 aromatic carbocycles. The standard InChI is InChI=1S/C17H30N2S/c1-13(2)15(6-9-18)5-4-10-19-11-7-17-16(14(19)3)8-12-20-17/h8,12-15H,4-7,9-11,18H2,1-3H3. The Hall–Kier alpha value is -0.380. The van der Waals surface area contributed by atoms with Crippen molar-refractivity contribution in [1.29, 1.82) is 0 Å². The van der Waals surface area contributed by atoms with Gasteiger partial charge in [0.05, 0.1) is 0 Å². The highest BCUT2D eigenvalue weighted by Gasteiger charge is 2.24. The summed E-state index contributed by atoms with van der Waals surface area (Å²) in [5.74, 6) is 1.57. The van der Waals surface area contributed by atoms with Crippen LogP contribution in [0.3, 0.4) is 0 Å². The zero-order chi connectivity index (χ0) is 14.5. The molecule has 0 radical (unpaired) electrons. The maximum Gasteiger partial charge on any atom is 0.0331 e. The van der Waals surface area contributed by atoms with Crippen LogP contribution in [0.15, 0.2) is 11.4 Å². The smallest absolute Gasteiger partial charge is 0.0331 e. The summed E-state index contributed by atoms with van der Waals surface area (Å²) in [6.07, 6.45) is 5.07. The summed E-state index contributed by atoms with van der Waals surface area (Å²) in [7, 11) is 0. The van der Waals surface area contributed by atoms with Gasteiger partial charge in [-0.05, 0) is 74.5 Å². The Morgan fingerprint density at radius 2 is 2.20 bits per heavy atom. The number of hydrogen-bond acceptors (Lipinski definition) is 3. The van der Waals surface area contributed by atoms with Crippen LogP contribution in [-0.2, 0) is 6.42 Å². The summed E-state index contributed by atoms with van der Waals surface area (Å²) in [6, 6.07) is 2.93. The van der Waals surface area contributed by atoms with Crippen molar-refractivity contribution in [3.63, 3.8) is 0 Å². The summed E-state index contributed by atoms with van der Waals surface area (Å²) >= 11 is 1.93. The van der Waals surface area contributed by atoms with Crippen molar-refractivity contribution in [2.45, 2.75) is 52.5 Å². The molecule has 1 aliphatic heterocycles. The minimum absolute atomic E-state index is 0.608. The van der Waals surface area contributed by atoms with E-state index < -0.39 is 0 Å². The van der Waals surface area contributed by atoms with Crippen LogP contribution in [0.1, 0.15) is 56.5 Å². The van der Waals surface area contributed by atoms with E-state index in [0.29, 0.717) is 6.04 Å². The molecule has 0 spiro atoms. The normalized spacial score (nSPS) is 21.1. The van der Waals surface area contributed by atoms with Gasteiger partial charge in [0, 0.05) is 17.5 Å². The third kappa shape index (κ3) is 3.84. The molecular formula is C17H30N2S. The van der Waals surface area contributed by atoms with Gasteiger partial charge in [0.1, 0.15) is 0 Å². The first-order valence-electron chi connectivity index (χ1n) is 8.13. The van der Waals surface area contributed by atoms with Crippen molar-refractivity contribution in [2.75, 3.05) is 19.6 Å². The topological polar surface area (TPSA) is 29.3 Å². The fourth-order valence-corrected chi connectivity index (χ4v) is 4.41. The second-order valence-electron chi connectivity index (χ2n) is 6.48. The molecule has 3 heteroatoms. The minimum atomic E-state index is 0.608. The second-order valence-corrected chi connectivity index (χ2v) is 7.49. The quantitative estimate of drug-likeness (QED) is 0.821. The number of hydrogen-bond donors (Lipinski definition) is 1. The van der Waals surface area contributed by atoms with E-state index >= 15 is 0 Å². The molecule has 114 valence electrons. The van der Waals surface area contributed by atoms with Gasteiger partial charge in [-0.2, -0.15) is 0 Å². The molecule has 0 aliphatic carbocycles. The third-order valence-corrected chi connectivity index (χ3v) is 5.90. The van der Waals surface area contributed by atoms with E-state index in [9.17, 15) is 0 Å². The van der Waals surface area contributed by atoms with Crippen molar-refractivity contribution < 1.29 is 0 Å². The lowest BCUT2D eigenvalue weighted by Gasteiger charge is -2.34. The number of nitrogens with two attached hydrogens (primary N) is 1. The molecule has 2 nitrogen and oxygen atoms in total. The number of fused-ring (bicyclic) bond motifs is 1. The second kappa shape index (κ2) is 7.58. The van der Waals surface area contributed by atoms with Crippen molar-refractivity contribution in [3.8, 4) is 0 Å². The molecule has 2 N–H and O–H groups in total. The fraction of sp³-hybridized carbons (Fsp3) is 0.765. The Morgan fingerprint density at radius 1 is 1.40 bits per heavy atom. The molecule has 0 saturated carbocycles. The molecule has 20 heavy (non-hydrogen) atoms. The molecule has 2 rings (SSSR count). The third-order valence-electron chi connectivity index (χ3n) is 4.90. The summed E-state index contributed by atoms with van der Waals surface area (Å²) in [5, 5.41) is 2.25. The Morgan fingerprint density at radius 3 is 2.90 bits per heavy atom. The van der Waals surface area contributed by atoms with Gasteiger partial charge >= 0.3 is 0 Å². The minimum Gasteiger partial charge on any atom is -0.330 e. The summed E-state index contributed by atoms with van der Waals surface area (Å²) < 4.78 is 0. The maximum absolute atomic E-state index is 5.74. The number of thiophene rings is 1. The average molecular weight is 295 g/mol. The summed E-state index contributed by atoms with van der Waals surface area (Å²) in [6.45, 7) is 10.3. The molecule has 0 bridgehead atoms. The lowest BCUT2D eigenvalue weighted by molar-refractivity contribution is 0.187. The Kier molecular flexibility index (Phi) is 6.06. The van der Waals surface area contributed by atoms with Crippen LogP contribution in [0, 0.1) is 11.8 Å². The van der Waals surface area contributed by atoms with E-state index in [0.717, 1.165) is 18.4 Å². The van der Waals surface area contributed by atoms with E-state index in [1.165, 1.54) is 38.8 Å². The molecule has 0 fully saturated rings. The van der Waals surface area contributed by atoms with Crippen LogP contribution in [-0.4, -0.2) is 24.5 Å². The molecule has 2 heterocycles. The van der Waals surface area contributed by atoms with E-state index in [1.54, 1.807) is 10.4 Å². The van der Waals surface area contributed by atoms with Crippen molar-refractivity contribution in [3.05, 3.63) is 21.9 Å². The summed E-state index contributed by atoms with van der Waals surface area (Å²) in [5.41, 5.74) is 7.31. The van der Waals surface area contributed by atoms with Crippen molar-refractivity contribution >= 4 is 11.3 Å². The molecular weight excluding hydrogens is 264 g/mol. The lowest BCUT2D eigenvalue weighted by atomic mass is 9.88. The molecule has 0 amide bonds. The van der Waals surface area contributed by atoms with E-state index in [-0.39, 0.29) is 0 Å². The van der Waals surface area contributed by atoms with Crippen LogP contribution in [0.5, 0.6) is 0 Å². The van der Waals surface area contributed by atoms with Gasteiger partial charge in [-0.3, -0.25) is 4.90 Å². The molecule has 1 aliphatic rings. The number of rotatable bonds is 7. The highest BCUT2D eigenvalue weighted by atomic mass is 32.1. The fourth-order valence-electron chi connectivity index (χ4n) is 3.45. The predicted molar refractivity (Wildman–Crippen MR) is 89.2 cm³/mol. The molecule has 0 saturated heterocycles. The van der Waals surface area contributed by atoms with E-state index in [1.807, 2.05) is 11.3 Å². The van der Waals surface area contributed by atoms with E-state index in [4.69, 9.17) is 5.73 Å². The van der Waals surface area contributed by atoms with Crippen LogP contribution in [0.2, 0.25) is 0 Å².